The first kappa shape index (κ1) is 11.3. The molecule has 0 aliphatic heterocycles. The summed E-state index contributed by atoms with van der Waals surface area (Å²) in [4.78, 5) is 0.227. The van der Waals surface area contributed by atoms with Gasteiger partial charge in [0.25, 0.3) is 0 Å². The molecule has 1 aromatic carbocycles. The zero-order chi connectivity index (χ0) is 10.6. The molecule has 0 amide bonds. The molecule has 1 atom stereocenters. The number of alkyl halides is 2. The van der Waals surface area contributed by atoms with E-state index in [1.165, 1.54) is 24.3 Å². The van der Waals surface area contributed by atoms with Crippen LogP contribution in [0.3, 0.4) is 0 Å². The average molecular weight is 220 g/mol. The van der Waals surface area contributed by atoms with E-state index >= 15 is 0 Å². The van der Waals surface area contributed by atoms with E-state index in [1.54, 1.807) is 0 Å². The minimum atomic E-state index is -2.04. The van der Waals surface area contributed by atoms with Gasteiger partial charge in [-0.15, -0.1) is 0 Å². The second-order valence-corrected chi connectivity index (χ2v) is 3.79. The van der Waals surface area contributed by atoms with Crippen LogP contribution in [-0.2, 0) is 11.1 Å². The lowest BCUT2D eigenvalue weighted by molar-refractivity contribution is 0.353. The molecular formula is C9H10F2O2S. The molecule has 14 heavy (non-hydrogen) atoms. The maximum absolute atomic E-state index is 12.3. The van der Waals surface area contributed by atoms with E-state index in [0.29, 0.717) is 5.56 Å². The van der Waals surface area contributed by atoms with Gasteiger partial charge in [0, 0.05) is 5.92 Å². The molecule has 0 saturated carbocycles. The molecule has 2 nitrogen and oxygen atoms in total. The number of rotatable bonds is 4. The van der Waals surface area contributed by atoms with Crippen LogP contribution in [0.5, 0.6) is 0 Å². The minimum absolute atomic E-state index is 0.227. The van der Waals surface area contributed by atoms with Crippen molar-refractivity contribution in [3.8, 4) is 0 Å². The van der Waals surface area contributed by atoms with E-state index in [2.05, 4.69) is 0 Å². The largest absolute Gasteiger partial charge is 0.302 e. The molecule has 1 unspecified atom stereocenters. The van der Waals surface area contributed by atoms with Gasteiger partial charge in [-0.05, 0) is 17.7 Å². The maximum Gasteiger partial charge on any atom is 0.186 e. The highest BCUT2D eigenvalue weighted by Gasteiger charge is 2.11. The van der Waals surface area contributed by atoms with Gasteiger partial charge < -0.3 is 4.55 Å². The molecule has 0 heterocycles. The lowest BCUT2D eigenvalue weighted by atomic mass is 10.0. The summed E-state index contributed by atoms with van der Waals surface area (Å²) in [7, 11) is 0. The summed E-state index contributed by atoms with van der Waals surface area (Å²) in [5, 5.41) is 0. The van der Waals surface area contributed by atoms with Gasteiger partial charge in [0.15, 0.2) is 11.1 Å². The zero-order valence-corrected chi connectivity index (χ0v) is 8.14. The van der Waals surface area contributed by atoms with Crippen LogP contribution in [0.2, 0.25) is 0 Å². The Morgan fingerprint density at radius 3 is 2.07 bits per heavy atom. The van der Waals surface area contributed by atoms with Crippen molar-refractivity contribution in [1.82, 2.24) is 0 Å². The van der Waals surface area contributed by atoms with Crippen LogP contribution < -0.4 is 0 Å². The first-order valence-corrected chi connectivity index (χ1v) is 5.12. The fourth-order valence-electron chi connectivity index (χ4n) is 1.08. The van der Waals surface area contributed by atoms with E-state index in [0.717, 1.165) is 0 Å². The van der Waals surface area contributed by atoms with Crippen LogP contribution in [0.25, 0.3) is 0 Å². The molecule has 1 rings (SSSR count). The quantitative estimate of drug-likeness (QED) is 0.790. The van der Waals surface area contributed by atoms with E-state index < -0.39 is 30.3 Å². The topological polar surface area (TPSA) is 37.3 Å². The van der Waals surface area contributed by atoms with Crippen LogP contribution in [0, 0.1) is 0 Å². The van der Waals surface area contributed by atoms with Gasteiger partial charge in [-0.3, -0.25) is 8.78 Å². The van der Waals surface area contributed by atoms with Crippen LogP contribution in [0.1, 0.15) is 11.5 Å². The third-order valence-corrected chi connectivity index (χ3v) is 2.60. The van der Waals surface area contributed by atoms with Gasteiger partial charge in [-0.25, -0.2) is 4.21 Å². The van der Waals surface area contributed by atoms with Crippen molar-refractivity contribution < 1.29 is 17.5 Å². The predicted octanol–water partition coefficient (Wildman–Crippen LogP) is 2.29. The summed E-state index contributed by atoms with van der Waals surface area (Å²) < 4.78 is 43.8. The van der Waals surface area contributed by atoms with E-state index in [1.807, 2.05) is 0 Å². The van der Waals surface area contributed by atoms with Crippen molar-refractivity contribution in [3.63, 3.8) is 0 Å². The number of hydrogen-bond acceptors (Lipinski definition) is 1. The normalized spacial score (nSPS) is 13.1. The Hall–Kier alpha value is -0.810. The predicted molar refractivity (Wildman–Crippen MR) is 50.2 cm³/mol. The molecule has 1 aromatic rings. The SMILES string of the molecule is O=S(O)c1ccc(C(CF)CF)cc1. The Labute approximate surface area is 83.2 Å². The molecule has 0 aliphatic carbocycles. The molecule has 0 aliphatic rings. The third-order valence-electron chi connectivity index (χ3n) is 1.93. The highest BCUT2D eigenvalue weighted by molar-refractivity contribution is 7.79. The maximum atomic E-state index is 12.3. The first-order valence-electron chi connectivity index (χ1n) is 4.01. The Balaban J connectivity index is 2.87. The first-order chi connectivity index (χ1) is 6.69. The van der Waals surface area contributed by atoms with Crippen LogP contribution in [-0.4, -0.2) is 22.1 Å². The lowest BCUT2D eigenvalue weighted by Gasteiger charge is -2.08. The second-order valence-electron chi connectivity index (χ2n) is 2.82. The van der Waals surface area contributed by atoms with Crippen molar-refractivity contribution in [1.29, 1.82) is 0 Å². The summed E-state index contributed by atoms with van der Waals surface area (Å²) in [6.07, 6.45) is 0. The van der Waals surface area contributed by atoms with Gasteiger partial charge in [0.05, 0.1) is 18.2 Å². The average Bonchev–Trinajstić information content (AvgIpc) is 2.20. The Morgan fingerprint density at radius 1 is 1.21 bits per heavy atom. The third kappa shape index (κ3) is 2.59. The van der Waals surface area contributed by atoms with Gasteiger partial charge in [-0.1, -0.05) is 12.1 Å². The van der Waals surface area contributed by atoms with Crippen molar-refractivity contribution in [2.75, 3.05) is 13.3 Å². The molecule has 0 radical (unpaired) electrons. The van der Waals surface area contributed by atoms with Crippen LogP contribution in [0.15, 0.2) is 29.2 Å². The Morgan fingerprint density at radius 2 is 1.71 bits per heavy atom. The van der Waals surface area contributed by atoms with Crippen molar-refractivity contribution in [2.24, 2.45) is 0 Å². The molecular weight excluding hydrogens is 210 g/mol. The molecule has 0 aromatic heterocycles. The monoisotopic (exact) mass is 220 g/mol. The lowest BCUT2D eigenvalue weighted by Crippen LogP contribution is -2.03. The van der Waals surface area contributed by atoms with E-state index in [-0.39, 0.29) is 4.90 Å². The Bertz CT molecular complexity index is 309. The van der Waals surface area contributed by atoms with Gasteiger partial charge in [0.1, 0.15) is 0 Å². The van der Waals surface area contributed by atoms with E-state index in [9.17, 15) is 13.0 Å². The summed E-state index contributed by atoms with van der Waals surface area (Å²) in [6.45, 7) is -1.53. The molecule has 0 bridgehead atoms. The number of halogens is 2. The molecule has 1 N–H and O–H groups in total. The fourth-order valence-corrected chi connectivity index (χ4v) is 1.44. The fraction of sp³-hybridized carbons (Fsp3) is 0.333. The standard InChI is InChI=1S/C9H10F2O2S/c10-5-8(6-11)7-1-3-9(4-2-7)14(12)13/h1-4,8H,5-6H2,(H,12,13). The highest BCUT2D eigenvalue weighted by atomic mass is 32.2. The van der Waals surface area contributed by atoms with Gasteiger partial charge >= 0.3 is 0 Å². The van der Waals surface area contributed by atoms with Crippen molar-refractivity contribution in [3.05, 3.63) is 29.8 Å². The second kappa shape index (κ2) is 5.17. The summed E-state index contributed by atoms with van der Waals surface area (Å²) in [5.41, 5.74) is 0.504. The minimum Gasteiger partial charge on any atom is -0.302 e. The Kier molecular flexibility index (Phi) is 4.16. The van der Waals surface area contributed by atoms with Gasteiger partial charge in [0.2, 0.25) is 0 Å². The highest BCUT2D eigenvalue weighted by Crippen LogP contribution is 2.18. The molecule has 78 valence electrons. The van der Waals surface area contributed by atoms with Crippen molar-refractivity contribution in [2.45, 2.75) is 10.8 Å². The van der Waals surface area contributed by atoms with Crippen LogP contribution >= 0.6 is 0 Å². The summed E-state index contributed by atoms with van der Waals surface area (Å²) in [6, 6.07) is 5.72. The van der Waals surface area contributed by atoms with E-state index in [4.69, 9.17) is 4.55 Å². The zero-order valence-electron chi connectivity index (χ0n) is 7.32. The van der Waals surface area contributed by atoms with Gasteiger partial charge in [-0.2, -0.15) is 0 Å². The molecule has 0 spiro atoms. The summed E-state index contributed by atoms with van der Waals surface area (Å²) >= 11 is -2.04. The molecule has 0 fully saturated rings. The van der Waals surface area contributed by atoms with Crippen LogP contribution in [0.4, 0.5) is 8.78 Å². The smallest absolute Gasteiger partial charge is 0.186 e. The van der Waals surface area contributed by atoms with Crippen molar-refractivity contribution >= 4 is 11.1 Å². The molecule has 0 saturated heterocycles. The molecule has 5 heteroatoms. The number of hydrogen-bond donors (Lipinski definition) is 1. The summed E-state index contributed by atoms with van der Waals surface area (Å²) in [5.74, 6) is -0.767. The number of benzene rings is 1.